The van der Waals surface area contributed by atoms with E-state index in [2.05, 4.69) is 37.7 Å². The van der Waals surface area contributed by atoms with Crippen molar-refractivity contribution in [2.75, 3.05) is 33.7 Å². The maximum Gasteiger partial charge on any atom is 0.191 e. The highest BCUT2D eigenvalue weighted by Gasteiger charge is 2.37. The highest BCUT2D eigenvalue weighted by Crippen LogP contribution is 2.36. The van der Waals surface area contributed by atoms with Crippen molar-refractivity contribution in [3.63, 3.8) is 0 Å². The van der Waals surface area contributed by atoms with Gasteiger partial charge in [0, 0.05) is 18.6 Å². The fourth-order valence-electron chi connectivity index (χ4n) is 4.05. The number of aliphatic imine (C=N–C) groups is 1. The van der Waals surface area contributed by atoms with E-state index in [1.807, 2.05) is 0 Å². The van der Waals surface area contributed by atoms with E-state index in [0.29, 0.717) is 0 Å². The Hall–Kier alpha value is -0.770. The molecule has 3 atom stereocenters. The summed E-state index contributed by atoms with van der Waals surface area (Å²) in [4.78, 5) is 9.48. The molecule has 2 aliphatic rings. The van der Waals surface area contributed by atoms with Gasteiger partial charge in [-0.2, -0.15) is 0 Å². The molecule has 122 valence electrons. The third-order valence-corrected chi connectivity index (χ3v) is 5.53. The molecule has 2 N–H and O–H groups in total. The lowest BCUT2D eigenvalue weighted by molar-refractivity contribution is 0.0842. The van der Waals surface area contributed by atoms with Crippen LogP contribution in [0.15, 0.2) is 4.99 Å². The molecule has 1 saturated carbocycles. The lowest BCUT2D eigenvalue weighted by Gasteiger charge is -2.44. The van der Waals surface area contributed by atoms with Crippen molar-refractivity contribution in [3.8, 4) is 0 Å². The van der Waals surface area contributed by atoms with E-state index in [-0.39, 0.29) is 5.54 Å². The zero-order valence-electron chi connectivity index (χ0n) is 14.4. The van der Waals surface area contributed by atoms with Crippen molar-refractivity contribution in [2.45, 2.75) is 57.9 Å². The van der Waals surface area contributed by atoms with Crippen molar-refractivity contribution in [1.29, 1.82) is 0 Å². The Bertz CT molecular complexity index is 366. The molecule has 3 unspecified atom stereocenters. The van der Waals surface area contributed by atoms with Crippen LogP contribution in [0.3, 0.4) is 0 Å². The van der Waals surface area contributed by atoms with E-state index in [1.165, 1.54) is 38.5 Å². The third kappa shape index (κ3) is 4.12. The minimum Gasteiger partial charge on any atom is -0.370 e. The predicted octanol–water partition coefficient (Wildman–Crippen LogP) is 2.54. The van der Waals surface area contributed by atoms with Gasteiger partial charge >= 0.3 is 0 Å². The van der Waals surface area contributed by atoms with Crippen molar-refractivity contribution >= 4 is 5.96 Å². The second-order valence-corrected chi connectivity index (χ2v) is 7.69. The summed E-state index contributed by atoms with van der Waals surface area (Å²) in [5.74, 6) is 2.30. The summed E-state index contributed by atoms with van der Waals surface area (Å²) in [5, 5.41) is 0. The van der Waals surface area contributed by atoms with E-state index in [4.69, 9.17) is 10.7 Å². The van der Waals surface area contributed by atoms with Gasteiger partial charge in [-0.05, 0) is 51.6 Å². The standard InChI is InChI=1S/C17H34N4/c1-14-7-5-9-17(11-14,20(3)4)13-19-16(18)21-10-6-8-15(2)12-21/h14-15H,5-13H2,1-4H3,(H2,18,19). The first-order chi connectivity index (χ1) is 9.93. The van der Waals surface area contributed by atoms with Crippen LogP contribution in [0.2, 0.25) is 0 Å². The minimum atomic E-state index is 0.212. The Kier molecular flexibility index (Phi) is 5.53. The van der Waals surface area contributed by atoms with Gasteiger partial charge in [0.15, 0.2) is 5.96 Å². The Morgan fingerprint density at radius 1 is 1.24 bits per heavy atom. The largest absolute Gasteiger partial charge is 0.370 e. The second kappa shape index (κ2) is 6.99. The minimum absolute atomic E-state index is 0.212. The Balaban J connectivity index is 2.01. The first-order valence-corrected chi connectivity index (χ1v) is 8.65. The van der Waals surface area contributed by atoms with E-state index < -0.39 is 0 Å². The van der Waals surface area contributed by atoms with Gasteiger partial charge in [0.2, 0.25) is 0 Å². The van der Waals surface area contributed by atoms with E-state index in [0.717, 1.165) is 37.4 Å². The van der Waals surface area contributed by atoms with Gasteiger partial charge in [-0.25, -0.2) is 0 Å². The molecule has 0 aromatic heterocycles. The monoisotopic (exact) mass is 294 g/mol. The number of nitrogens with zero attached hydrogens (tertiary/aromatic N) is 3. The topological polar surface area (TPSA) is 44.9 Å². The lowest BCUT2D eigenvalue weighted by Crippen LogP contribution is -2.51. The van der Waals surface area contributed by atoms with Gasteiger partial charge in [-0.15, -0.1) is 0 Å². The highest BCUT2D eigenvalue weighted by atomic mass is 15.3. The fourth-order valence-corrected chi connectivity index (χ4v) is 4.05. The molecule has 0 bridgehead atoms. The van der Waals surface area contributed by atoms with Gasteiger partial charge < -0.3 is 15.5 Å². The molecular weight excluding hydrogens is 260 g/mol. The SMILES string of the molecule is CC1CCCN(C(N)=NCC2(N(C)C)CCCC(C)C2)C1. The number of guanidine groups is 1. The number of likely N-dealkylation sites (tertiary alicyclic amines) is 1. The summed E-state index contributed by atoms with van der Waals surface area (Å²) in [6.45, 7) is 7.67. The Morgan fingerprint density at radius 2 is 1.95 bits per heavy atom. The zero-order chi connectivity index (χ0) is 15.5. The Morgan fingerprint density at radius 3 is 2.57 bits per heavy atom. The van der Waals surface area contributed by atoms with Gasteiger partial charge in [0.05, 0.1) is 6.54 Å². The third-order valence-electron chi connectivity index (χ3n) is 5.53. The van der Waals surface area contributed by atoms with Crippen molar-refractivity contribution in [1.82, 2.24) is 9.80 Å². The maximum atomic E-state index is 6.28. The number of hydrogen-bond donors (Lipinski definition) is 1. The molecule has 1 saturated heterocycles. The maximum absolute atomic E-state index is 6.28. The van der Waals surface area contributed by atoms with Crippen LogP contribution >= 0.6 is 0 Å². The molecule has 2 fully saturated rings. The summed E-state index contributed by atoms with van der Waals surface area (Å²) in [5.41, 5.74) is 6.49. The summed E-state index contributed by atoms with van der Waals surface area (Å²) in [6, 6.07) is 0. The number of hydrogen-bond acceptors (Lipinski definition) is 2. The average Bonchev–Trinajstić information content (AvgIpc) is 2.44. The van der Waals surface area contributed by atoms with Crippen LogP contribution in [0.25, 0.3) is 0 Å². The van der Waals surface area contributed by atoms with Crippen LogP contribution in [0.4, 0.5) is 0 Å². The van der Waals surface area contributed by atoms with E-state index in [9.17, 15) is 0 Å². The van der Waals surface area contributed by atoms with Crippen molar-refractivity contribution in [2.24, 2.45) is 22.6 Å². The average molecular weight is 294 g/mol. The predicted molar refractivity (Wildman–Crippen MR) is 90.5 cm³/mol. The molecule has 0 radical (unpaired) electrons. The smallest absolute Gasteiger partial charge is 0.191 e. The summed E-state index contributed by atoms with van der Waals surface area (Å²) in [6.07, 6.45) is 7.73. The van der Waals surface area contributed by atoms with Gasteiger partial charge in [-0.3, -0.25) is 4.99 Å². The molecule has 0 aromatic rings. The summed E-state index contributed by atoms with van der Waals surface area (Å²) in [7, 11) is 4.40. The van der Waals surface area contributed by atoms with Crippen LogP contribution in [-0.2, 0) is 0 Å². The second-order valence-electron chi connectivity index (χ2n) is 7.69. The number of piperidine rings is 1. The van der Waals surface area contributed by atoms with E-state index >= 15 is 0 Å². The van der Waals surface area contributed by atoms with E-state index in [1.54, 1.807) is 0 Å². The van der Waals surface area contributed by atoms with Crippen molar-refractivity contribution in [3.05, 3.63) is 0 Å². The number of likely N-dealkylation sites (N-methyl/N-ethyl adjacent to an activating group) is 1. The number of nitrogens with two attached hydrogens (primary N) is 1. The molecule has 2 rings (SSSR count). The molecule has 0 aromatic carbocycles. The van der Waals surface area contributed by atoms with Crippen LogP contribution in [0.5, 0.6) is 0 Å². The molecule has 0 spiro atoms. The van der Waals surface area contributed by atoms with Crippen molar-refractivity contribution < 1.29 is 0 Å². The fraction of sp³-hybridized carbons (Fsp3) is 0.941. The molecule has 1 aliphatic heterocycles. The van der Waals surface area contributed by atoms with Gasteiger partial charge in [0.25, 0.3) is 0 Å². The van der Waals surface area contributed by atoms with Crippen LogP contribution < -0.4 is 5.73 Å². The van der Waals surface area contributed by atoms with Gasteiger partial charge in [-0.1, -0.05) is 26.7 Å². The molecular formula is C17H34N4. The quantitative estimate of drug-likeness (QED) is 0.642. The van der Waals surface area contributed by atoms with Crippen LogP contribution in [0.1, 0.15) is 52.4 Å². The highest BCUT2D eigenvalue weighted by molar-refractivity contribution is 5.78. The molecule has 4 heteroatoms. The van der Waals surface area contributed by atoms with Gasteiger partial charge in [0.1, 0.15) is 0 Å². The molecule has 1 aliphatic carbocycles. The zero-order valence-corrected chi connectivity index (χ0v) is 14.4. The molecule has 1 heterocycles. The lowest BCUT2D eigenvalue weighted by atomic mass is 9.75. The molecule has 4 nitrogen and oxygen atoms in total. The normalized spacial score (nSPS) is 35.3. The first-order valence-electron chi connectivity index (χ1n) is 8.65. The Labute approximate surface area is 130 Å². The number of rotatable bonds is 3. The summed E-state index contributed by atoms with van der Waals surface area (Å²) >= 11 is 0. The van der Waals surface area contributed by atoms with Crippen LogP contribution in [-0.4, -0.2) is 55.0 Å². The summed E-state index contributed by atoms with van der Waals surface area (Å²) < 4.78 is 0. The van der Waals surface area contributed by atoms with Crippen LogP contribution in [0, 0.1) is 11.8 Å². The molecule has 0 amide bonds. The first kappa shape index (κ1) is 16.6. The molecule has 21 heavy (non-hydrogen) atoms.